The zero-order chi connectivity index (χ0) is 15.6. The third-order valence-electron chi connectivity index (χ3n) is 2.63. The van der Waals surface area contributed by atoms with E-state index in [0.29, 0.717) is 5.56 Å². The van der Waals surface area contributed by atoms with Crippen molar-refractivity contribution in [3.8, 4) is 0 Å². The molecule has 110 valence electrons. The number of anilines is 1. The van der Waals surface area contributed by atoms with Gasteiger partial charge in [0.05, 0.1) is 22.8 Å². The van der Waals surface area contributed by atoms with Gasteiger partial charge in [0.1, 0.15) is 10.2 Å². The Morgan fingerprint density at radius 3 is 2.57 bits per heavy atom. The Kier molecular flexibility index (Phi) is 4.14. The standard InChI is InChI=1S/C10H9BrN6O4/c11-7-5-15(14-10(7)17(20)21)4-6-1-2-8(13-12)9(3-6)16(18)19/h1-3,5,13H,4,12H2. The molecule has 0 fully saturated rings. The Bertz CT molecular complexity index is 716. The van der Waals surface area contributed by atoms with Crippen LogP contribution in [0.3, 0.4) is 0 Å². The summed E-state index contributed by atoms with van der Waals surface area (Å²) in [5.41, 5.74) is 2.79. The zero-order valence-electron chi connectivity index (χ0n) is 10.4. The number of nitrogens with zero attached hydrogens (tertiary/aromatic N) is 4. The normalized spacial score (nSPS) is 10.4. The monoisotopic (exact) mass is 356 g/mol. The van der Waals surface area contributed by atoms with Crippen LogP contribution in [0.5, 0.6) is 0 Å². The Morgan fingerprint density at radius 2 is 2.05 bits per heavy atom. The van der Waals surface area contributed by atoms with Crippen molar-refractivity contribution in [2.45, 2.75) is 6.54 Å². The average molecular weight is 357 g/mol. The molecule has 3 N–H and O–H groups in total. The van der Waals surface area contributed by atoms with Crippen LogP contribution in [0.1, 0.15) is 5.56 Å². The highest BCUT2D eigenvalue weighted by atomic mass is 79.9. The van der Waals surface area contributed by atoms with Crippen LogP contribution in [-0.2, 0) is 6.54 Å². The molecular weight excluding hydrogens is 348 g/mol. The molecule has 21 heavy (non-hydrogen) atoms. The summed E-state index contributed by atoms with van der Waals surface area (Å²) in [5.74, 6) is 4.88. The third-order valence-corrected chi connectivity index (χ3v) is 3.19. The van der Waals surface area contributed by atoms with Crippen molar-refractivity contribution in [1.29, 1.82) is 0 Å². The molecule has 0 saturated heterocycles. The largest absolute Gasteiger partial charge is 0.404 e. The highest BCUT2D eigenvalue weighted by molar-refractivity contribution is 9.10. The highest BCUT2D eigenvalue weighted by Gasteiger charge is 2.20. The molecule has 2 rings (SSSR count). The predicted octanol–water partition coefficient (Wildman–Crippen LogP) is 1.80. The number of nitrogens with one attached hydrogen (secondary N) is 1. The number of hydrazine groups is 1. The molecule has 0 atom stereocenters. The number of hydrogen-bond donors (Lipinski definition) is 2. The fourth-order valence-corrected chi connectivity index (χ4v) is 2.19. The second-order valence-electron chi connectivity index (χ2n) is 4.01. The summed E-state index contributed by atoms with van der Waals surface area (Å²) in [6.45, 7) is 0.151. The van der Waals surface area contributed by atoms with Crippen molar-refractivity contribution in [2.75, 3.05) is 5.43 Å². The Hall–Kier alpha value is -2.53. The van der Waals surface area contributed by atoms with Crippen LogP contribution in [0.25, 0.3) is 0 Å². The van der Waals surface area contributed by atoms with Gasteiger partial charge in [-0.2, -0.15) is 4.68 Å². The lowest BCUT2D eigenvalue weighted by Gasteiger charge is -2.04. The topological polar surface area (TPSA) is 142 Å². The molecule has 1 aromatic heterocycles. The summed E-state index contributed by atoms with van der Waals surface area (Å²) in [5, 5.41) is 25.4. The van der Waals surface area contributed by atoms with E-state index in [-0.39, 0.29) is 28.2 Å². The van der Waals surface area contributed by atoms with E-state index in [2.05, 4.69) is 26.5 Å². The van der Waals surface area contributed by atoms with E-state index in [1.165, 1.54) is 23.0 Å². The van der Waals surface area contributed by atoms with Crippen LogP contribution < -0.4 is 11.3 Å². The first-order valence-electron chi connectivity index (χ1n) is 5.53. The fraction of sp³-hybridized carbons (Fsp3) is 0.100. The smallest absolute Gasteiger partial charge is 0.358 e. The summed E-state index contributed by atoms with van der Waals surface area (Å²) >= 11 is 3.03. The first-order chi connectivity index (χ1) is 9.92. The summed E-state index contributed by atoms with van der Waals surface area (Å²) in [6, 6.07) is 4.40. The van der Waals surface area contributed by atoms with E-state index < -0.39 is 9.85 Å². The Morgan fingerprint density at radius 1 is 1.33 bits per heavy atom. The minimum absolute atomic E-state index is 0.151. The van der Waals surface area contributed by atoms with E-state index in [0.717, 1.165) is 0 Å². The summed E-state index contributed by atoms with van der Waals surface area (Å²) in [7, 11) is 0. The van der Waals surface area contributed by atoms with E-state index >= 15 is 0 Å². The molecule has 0 aliphatic carbocycles. The van der Waals surface area contributed by atoms with Crippen LogP contribution in [0.2, 0.25) is 0 Å². The van der Waals surface area contributed by atoms with Crippen molar-refractivity contribution in [3.05, 3.63) is 54.7 Å². The van der Waals surface area contributed by atoms with Gasteiger partial charge in [-0.25, -0.2) is 0 Å². The van der Waals surface area contributed by atoms with Crippen molar-refractivity contribution >= 4 is 33.1 Å². The molecule has 0 saturated carbocycles. The molecule has 1 aromatic carbocycles. The SMILES string of the molecule is NNc1ccc(Cn2cc(Br)c([N+](=O)[O-])n2)cc1[N+](=O)[O-]. The molecule has 0 spiro atoms. The number of nitro benzene ring substituents is 1. The quantitative estimate of drug-likeness (QED) is 0.472. The lowest BCUT2D eigenvalue weighted by atomic mass is 10.1. The Balaban J connectivity index is 2.31. The first-order valence-corrected chi connectivity index (χ1v) is 6.33. The molecule has 1 heterocycles. The van der Waals surface area contributed by atoms with Gasteiger partial charge in [0, 0.05) is 6.07 Å². The van der Waals surface area contributed by atoms with Gasteiger partial charge in [0.25, 0.3) is 5.69 Å². The number of aromatic nitrogens is 2. The number of halogens is 1. The van der Waals surface area contributed by atoms with Crippen LogP contribution in [0, 0.1) is 20.2 Å². The van der Waals surface area contributed by atoms with E-state index in [9.17, 15) is 20.2 Å². The van der Waals surface area contributed by atoms with Crippen molar-refractivity contribution in [3.63, 3.8) is 0 Å². The van der Waals surface area contributed by atoms with Crippen molar-refractivity contribution < 1.29 is 9.85 Å². The molecule has 0 bridgehead atoms. The van der Waals surface area contributed by atoms with Crippen LogP contribution in [0.4, 0.5) is 17.2 Å². The van der Waals surface area contributed by atoms with E-state index in [4.69, 9.17) is 5.84 Å². The third kappa shape index (κ3) is 3.14. The highest BCUT2D eigenvalue weighted by Crippen LogP contribution is 2.26. The maximum absolute atomic E-state index is 10.9. The summed E-state index contributed by atoms with van der Waals surface area (Å²) in [4.78, 5) is 20.4. The average Bonchev–Trinajstić information content (AvgIpc) is 2.79. The second kappa shape index (κ2) is 5.85. The van der Waals surface area contributed by atoms with Crippen molar-refractivity contribution in [1.82, 2.24) is 9.78 Å². The maximum Gasteiger partial charge on any atom is 0.404 e. The van der Waals surface area contributed by atoms with Crippen LogP contribution in [0.15, 0.2) is 28.9 Å². The summed E-state index contributed by atoms with van der Waals surface area (Å²) in [6.07, 6.45) is 1.43. The van der Waals surface area contributed by atoms with Crippen LogP contribution >= 0.6 is 15.9 Å². The predicted molar refractivity (Wildman–Crippen MR) is 76.6 cm³/mol. The van der Waals surface area contributed by atoms with Gasteiger partial charge in [-0.05, 0) is 32.5 Å². The lowest BCUT2D eigenvalue weighted by molar-refractivity contribution is -0.390. The van der Waals surface area contributed by atoms with Crippen LogP contribution in [-0.4, -0.2) is 19.6 Å². The molecule has 2 aromatic rings. The molecule has 0 unspecified atom stereocenters. The second-order valence-corrected chi connectivity index (χ2v) is 4.86. The van der Waals surface area contributed by atoms with Gasteiger partial charge in [-0.3, -0.25) is 16.0 Å². The number of nitrogen functional groups attached to an aromatic ring is 1. The van der Waals surface area contributed by atoms with E-state index in [1.54, 1.807) is 6.07 Å². The lowest BCUT2D eigenvalue weighted by Crippen LogP contribution is -2.10. The minimum atomic E-state index is -0.621. The fourth-order valence-electron chi connectivity index (χ4n) is 1.73. The summed E-state index contributed by atoms with van der Waals surface area (Å²) < 4.78 is 1.55. The van der Waals surface area contributed by atoms with Gasteiger partial charge in [0.15, 0.2) is 0 Å². The number of nitrogens with two attached hydrogens (primary N) is 1. The van der Waals surface area contributed by atoms with Gasteiger partial charge >= 0.3 is 5.82 Å². The minimum Gasteiger partial charge on any atom is -0.358 e. The number of benzene rings is 1. The Labute approximate surface area is 125 Å². The molecule has 0 aliphatic rings. The number of hydrogen-bond acceptors (Lipinski definition) is 7. The molecule has 10 nitrogen and oxygen atoms in total. The maximum atomic E-state index is 10.9. The molecule has 0 aliphatic heterocycles. The van der Waals surface area contributed by atoms with Crippen molar-refractivity contribution in [2.24, 2.45) is 5.84 Å². The van der Waals surface area contributed by atoms with Gasteiger partial charge in [0.2, 0.25) is 0 Å². The first kappa shape index (κ1) is 14.9. The van der Waals surface area contributed by atoms with E-state index in [1.807, 2.05) is 0 Å². The van der Waals surface area contributed by atoms with Gasteiger partial charge < -0.3 is 15.5 Å². The number of rotatable bonds is 5. The molecular formula is C10H9BrN6O4. The molecule has 0 radical (unpaired) electrons. The molecule has 0 amide bonds. The molecule has 11 heteroatoms. The number of nitro groups is 2. The zero-order valence-corrected chi connectivity index (χ0v) is 12.0. The van der Waals surface area contributed by atoms with Gasteiger partial charge in [-0.1, -0.05) is 6.07 Å². The van der Waals surface area contributed by atoms with Gasteiger partial charge in [-0.15, -0.1) is 0 Å².